The number of carboxylic acids is 1. The highest BCUT2D eigenvalue weighted by molar-refractivity contribution is 7.79. The molecule has 0 saturated carbocycles. The monoisotopic (exact) mass is 630 g/mol. The lowest BCUT2D eigenvalue weighted by Gasteiger charge is -2.30. The van der Waals surface area contributed by atoms with Gasteiger partial charge in [-0.1, -0.05) is 12.1 Å². The van der Waals surface area contributed by atoms with Gasteiger partial charge in [0.1, 0.15) is 0 Å². The molecule has 8 N–H and O–H groups in total. The van der Waals surface area contributed by atoms with Crippen molar-refractivity contribution in [3.8, 4) is 11.5 Å². The normalized spacial score (nSPS) is 19.8. The number of benzene rings is 1. The number of aliphatic carboxylic acids is 1. The first-order valence-electron chi connectivity index (χ1n) is 12.7. The molecule has 0 aliphatic carbocycles. The molecule has 2 atom stereocenters. The Balaban J connectivity index is 0.000000215. The molecule has 2 aromatic heterocycles. The van der Waals surface area contributed by atoms with Crippen LogP contribution in [0, 0.1) is 6.92 Å². The van der Waals surface area contributed by atoms with E-state index in [1.807, 2.05) is 0 Å². The van der Waals surface area contributed by atoms with Crippen molar-refractivity contribution in [2.45, 2.75) is 44.2 Å². The van der Waals surface area contributed by atoms with Crippen LogP contribution >= 0.6 is 0 Å². The van der Waals surface area contributed by atoms with Gasteiger partial charge in [-0.3, -0.25) is 28.2 Å². The van der Waals surface area contributed by atoms with E-state index in [1.54, 1.807) is 30.7 Å². The molecular weight excluding hydrogens is 596 g/mol. The van der Waals surface area contributed by atoms with E-state index < -0.39 is 39.4 Å². The van der Waals surface area contributed by atoms with Crippen LogP contribution in [-0.4, -0.2) is 98.6 Å². The van der Waals surface area contributed by atoms with E-state index in [1.165, 1.54) is 19.4 Å². The molecule has 0 spiro atoms. The summed E-state index contributed by atoms with van der Waals surface area (Å²) in [7, 11) is -1.54. The van der Waals surface area contributed by atoms with Gasteiger partial charge in [0, 0.05) is 20.6 Å². The smallest absolute Gasteiger partial charge is 0.394 e. The predicted molar refractivity (Wildman–Crippen MR) is 149 cm³/mol. The number of ketones is 1. The molecule has 2 fully saturated rings. The molecule has 2 unspecified atom stereocenters. The van der Waals surface area contributed by atoms with Gasteiger partial charge < -0.3 is 30.4 Å². The summed E-state index contributed by atoms with van der Waals surface area (Å²) in [5, 5.41) is 40.3. The number of nitrogens with zero attached hydrogens (tertiary/aromatic N) is 4. The van der Waals surface area contributed by atoms with Crippen molar-refractivity contribution >= 4 is 33.3 Å². The van der Waals surface area contributed by atoms with Gasteiger partial charge in [-0.15, -0.1) is 0 Å². The molecule has 0 radical (unpaired) electrons. The number of para-hydroxylation sites is 1. The van der Waals surface area contributed by atoms with Gasteiger partial charge in [0.05, 0.1) is 12.4 Å². The minimum absolute atomic E-state index is 0.0301. The van der Waals surface area contributed by atoms with Crippen LogP contribution in [0.5, 0.6) is 11.5 Å². The standard InChI is InChI=1S/C10H16N2O4.C7H8N4O2.C7H8O2.H2O4S/c13-8(7-3-1-5-11-7)10(9(14)15)4-2-6-12(10)16;1-10-3-8-5-4(10)6(12)11(2)7(13)9-5;1-5-3-2-4-6(8)7(5)9;1-5(2,3)4/h7,11,16H,1-6H2,(H,14,15);3H,1-2H3,(H,9,13);2-4,8-9H,1H3;(H2,1,2,3,4). The second-order valence-corrected chi connectivity index (χ2v) is 10.5. The molecule has 18 nitrogen and oxygen atoms in total. The van der Waals surface area contributed by atoms with E-state index >= 15 is 0 Å². The van der Waals surface area contributed by atoms with Crippen LogP contribution in [0.1, 0.15) is 31.2 Å². The number of rotatable bonds is 3. The van der Waals surface area contributed by atoms with Crippen LogP contribution in [-0.2, 0) is 34.1 Å². The second-order valence-electron chi connectivity index (χ2n) is 9.64. The van der Waals surface area contributed by atoms with E-state index in [2.05, 4.69) is 15.3 Å². The number of nitrogens with one attached hydrogen (secondary N) is 2. The number of aromatic amines is 1. The largest absolute Gasteiger partial charge is 0.504 e. The summed E-state index contributed by atoms with van der Waals surface area (Å²) in [5.74, 6) is -1.74. The summed E-state index contributed by atoms with van der Waals surface area (Å²) in [4.78, 5) is 52.5. The lowest BCUT2D eigenvalue weighted by atomic mass is 9.87. The highest BCUT2D eigenvalue weighted by atomic mass is 32.3. The quantitative estimate of drug-likeness (QED) is 0.101. The Labute approximate surface area is 244 Å². The van der Waals surface area contributed by atoms with Gasteiger partial charge in [-0.05, 0) is 50.8 Å². The lowest BCUT2D eigenvalue weighted by molar-refractivity contribution is -0.188. The van der Waals surface area contributed by atoms with Crippen molar-refractivity contribution in [3.05, 3.63) is 50.9 Å². The Morgan fingerprint density at radius 3 is 2.21 bits per heavy atom. The van der Waals surface area contributed by atoms with Crippen molar-refractivity contribution in [2.24, 2.45) is 14.1 Å². The Morgan fingerprint density at radius 2 is 1.74 bits per heavy atom. The van der Waals surface area contributed by atoms with Gasteiger partial charge in [0.15, 0.2) is 28.4 Å². The fourth-order valence-electron chi connectivity index (χ4n) is 4.43. The van der Waals surface area contributed by atoms with E-state index in [0.29, 0.717) is 34.6 Å². The molecular formula is C24H34N6O12S. The number of fused-ring (bicyclic) bond motifs is 1. The SMILES string of the molecule is Cc1cccc(O)c1O.Cn1c(=O)[nH]c2ncn(C)c2c1=O.O=C(O)C1(C(=O)C2CCCN2)CCCN1O.O=S(=O)(O)O. The van der Waals surface area contributed by atoms with Crippen LogP contribution < -0.4 is 16.6 Å². The van der Waals surface area contributed by atoms with Gasteiger partial charge in [0.2, 0.25) is 5.54 Å². The number of hydrogen-bond donors (Lipinski definition) is 8. The summed E-state index contributed by atoms with van der Waals surface area (Å²) < 4.78 is 34.2. The molecule has 1 aromatic carbocycles. The fourth-order valence-corrected chi connectivity index (χ4v) is 4.43. The zero-order chi connectivity index (χ0) is 32.7. The maximum atomic E-state index is 12.2. The molecule has 5 rings (SSSR count). The summed E-state index contributed by atoms with van der Waals surface area (Å²) in [6, 6.07) is 4.44. The van der Waals surface area contributed by atoms with Crippen LogP contribution in [0.3, 0.4) is 0 Å². The Kier molecular flexibility index (Phi) is 11.7. The highest BCUT2D eigenvalue weighted by Crippen LogP contribution is 2.31. The second kappa shape index (κ2) is 14.4. The fraction of sp³-hybridized carbons (Fsp3) is 0.458. The number of Topliss-reactive ketones (excluding diaryl/α,β-unsaturated/α-hetero) is 1. The number of phenols is 2. The number of carbonyl (C=O) groups excluding carboxylic acids is 1. The molecule has 2 aliphatic rings. The van der Waals surface area contributed by atoms with Crippen molar-refractivity contribution in [2.75, 3.05) is 13.1 Å². The third-order valence-corrected chi connectivity index (χ3v) is 6.68. The van der Waals surface area contributed by atoms with Crippen LogP contribution in [0.15, 0.2) is 34.1 Å². The number of aromatic nitrogens is 4. The highest BCUT2D eigenvalue weighted by Gasteiger charge is 2.56. The first kappa shape index (κ1) is 35.1. The number of hydrogen-bond acceptors (Lipinski definition) is 12. The lowest BCUT2D eigenvalue weighted by Crippen LogP contribution is -2.60. The molecule has 19 heteroatoms. The molecule has 3 aromatic rings. The van der Waals surface area contributed by atoms with E-state index in [-0.39, 0.29) is 30.0 Å². The molecule has 2 aliphatic heterocycles. The summed E-state index contributed by atoms with van der Waals surface area (Å²) >= 11 is 0. The maximum Gasteiger partial charge on any atom is 0.394 e. The predicted octanol–water partition coefficient (Wildman–Crippen LogP) is -0.670. The van der Waals surface area contributed by atoms with E-state index in [9.17, 15) is 29.5 Å². The zero-order valence-corrected chi connectivity index (χ0v) is 24.3. The van der Waals surface area contributed by atoms with Crippen molar-refractivity contribution in [3.63, 3.8) is 0 Å². The number of hydroxylamine groups is 2. The van der Waals surface area contributed by atoms with Crippen molar-refractivity contribution in [1.82, 2.24) is 29.5 Å². The Bertz CT molecular complexity index is 1650. The Hall–Kier alpha value is -4.14. The van der Waals surface area contributed by atoms with E-state index in [4.69, 9.17) is 27.7 Å². The molecule has 4 heterocycles. The third-order valence-electron chi connectivity index (χ3n) is 6.68. The summed E-state index contributed by atoms with van der Waals surface area (Å²) in [5.41, 5.74) is -1.08. The number of aryl methyl sites for hydroxylation is 2. The number of aromatic hydroxyl groups is 2. The molecule has 2 saturated heterocycles. The first-order valence-corrected chi connectivity index (χ1v) is 14.1. The van der Waals surface area contributed by atoms with Crippen LogP contribution in [0.25, 0.3) is 11.2 Å². The molecule has 238 valence electrons. The zero-order valence-electron chi connectivity index (χ0n) is 23.5. The van der Waals surface area contributed by atoms with Crippen molar-refractivity contribution < 1.29 is 47.6 Å². The number of H-pyrrole nitrogens is 1. The summed E-state index contributed by atoms with van der Waals surface area (Å²) in [6.45, 7) is 2.71. The van der Waals surface area contributed by atoms with Crippen molar-refractivity contribution in [1.29, 1.82) is 0 Å². The molecule has 0 bridgehead atoms. The summed E-state index contributed by atoms with van der Waals surface area (Å²) in [6.07, 6.45) is 3.73. The minimum atomic E-state index is -4.67. The topological polar surface area (TPSA) is 278 Å². The number of phenolic OH excluding ortho intramolecular Hbond substituents is 2. The van der Waals surface area contributed by atoms with Crippen LogP contribution in [0.2, 0.25) is 0 Å². The average Bonchev–Trinajstić information content (AvgIpc) is 3.66. The Morgan fingerprint density at radius 1 is 1.12 bits per heavy atom. The molecule has 0 amide bonds. The first-order chi connectivity index (χ1) is 19.9. The maximum absolute atomic E-state index is 12.2. The van der Waals surface area contributed by atoms with Gasteiger partial charge in [-0.2, -0.15) is 13.5 Å². The van der Waals surface area contributed by atoms with Crippen LogP contribution in [0.4, 0.5) is 0 Å². The number of imidazole rings is 1. The number of carboxylic acid groups (broad SMARTS) is 1. The van der Waals surface area contributed by atoms with Gasteiger partial charge in [0.25, 0.3) is 5.56 Å². The minimum Gasteiger partial charge on any atom is -0.504 e. The molecule has 43 heavy (non-hydrogen) atoms. The third kappa shape index (κ3) is 8.69. The van der Waals surface area contributed by atoms with Gasteiger partial charge >= 0.3 is 22.1 Å². The van der Waals surface area contributed by atoms with Gasteiger partial charge in [-0.25, -0.2) is 14.6 Å². The van der Waals surface area contributed by atoms with E-state index in [0.717, 1.165) is 17.5 Å². The average molecular weight is 631 g/mol. The number of carbonyl (C=O) groups is 2.